The predicted molar refractivity (Wildman–Crippen MR) is 71.9 cm³/mol. The van der Waals surface area contributed by atoms with E-state index in [4.69, 9.17) is 5.73 Å². The molecule has 2 rings (SSSR count). The minimum atomic E-state index is -0.264. The zero-order valence-electron chi connectivity index (χ0n) is 9.77. The predicted octanol–water partition coefficient (Wildman–Crippen LogP) is 2.25. The highest BCUT2D eigenvalue weighted by Gasteiger charge is 2.07. The molecule has 0 saturated heterocycles. The van der Waals surface area contributed by atoms with Gasteiger partial charge in [-0.15, -0.1) is 11.3 Å². The molecule has 4 heteroatoms. The fourth-order valence-corrected chi connectivity index (χ4v) is 2.79. The molecule has 0 radical (unpaired) electrons. The average molecular weight is 248 g/mol. The second-order valence-electron chi connectivity index (χ2n) is 4.21. The van der Waals surface area contributed by atoms with Crippen LogP contribution in [0.15, 0.2) is 29.6 Å². The Bertz CT molecular complexity index is 521. The van der Waals surface area contributed by atoms with Crippen molar-refractivity contribution in [2.45, 2.75) is 25.9 Å². The van der Waals surface area contributed by atoms with Crippen LogP contribution in [-0.2, 0) is 11.3 Å². The fourth-order valence-electron chi connectivity index (χ4n) is 1.83. The molecule has 0 saturated carbocycles. The number of carbonyl (C=O) groups excluding carboxylic acids is 1. The molecule has 1 unspecified atom stereocenters. The van der Waals surface area contributed by atoms with Gasteiger partial charge in [0.1, 0.15) is 0 Å². The maximum atomic E-state index is 10.8. The molecular formula is C13H16N2OS. The second kappa shape index (κ2) is 5.29. The minimum absolute atomic E-state index is 0.117. The van der Waals surface area contributed by atoms with Gasteiger partial charge in [-0.1, -0.05) is 18.2 Å². The van der Waals surface area contributed by atoms with Crippen LogP contribution in [-0.4, -0.2) is 11.9 Å². The summed E-state index contributed by atoms with van der Waals surface area (Å²) in [5, 5.41) is 6.76. The van der Waals surface area contributed by atoms with Gasteiger partial charge in [-0.3, -0.25) is 4.79 Å². The Morgan fingerprint density at radius 2 is 2.24 bits per heavy atom. The topological polar surface area (TPSA) is 55.1 Å². The van der Waals surface area contributed by atoms with Crippen molar-refractivity contribution in [2.75, 3.05) is 0 Å². The van der Waals surface area contributed by atoms with E-state index in [9.17, 15) is 4.79 Å². The highest BCUT2D eigenvalue weighted by atomic mass is 32.1. The first-order valence-electron chi connectivity index (χ1n) is 5.63. The number of amides is 1. The first-order chi connectivity index (χ1) is 8.16. The van der Waals surface area contributed by atoms with Crippen molar-refractivity contribution in [3.63, 3.8) is 0 Å². The summed E-state index contributed by atoms with van der Waals surface area (Å²) in [5.74, 6) is -0.264. The molecule has 1 aromatic heterocycles. The standard InChI is InChI=1S/C13H16N2OS/c1-9(6-13(14)16)15-7-10-8-17-12-5-3-2-4-11(10)12/h2-5,8-9,15H,6-7H2,1H3,(H2,14,16). The van der Waals surface area contributed by atoms with Gasteiger partial charge in [0.2, 0.25) is 5.91 Å². The lowest BCUT2D eigenvalue weighted by Gasteiger charge is -2.11. The highest BCUT2D eigenvalue weighted by Crippen LogP contribution is 2.25. The van der Waals surface area contributed by atoms with E-state index in [-0.39, 0.29) is 11.9 Å². The van der Waals surface area contributed by atoms with Gasteiger partial charge >= 0.3 is 0 Å². The van der Waals surface area contributed by atoms with E-state index < -0.39 is 0 Å². The summed E-state index contributed by atoms with van der Waals surface area (Å²) in [6.07, 6.45) is 0.377. The van der Waals surface area contributed by atoms with Crippen LogP contribution in [0.2, 0.25) is 0 Å². The molecular weight excluding hydrogens is 232 g/mol. The number of primary amides is 1. The summed E-state index contributed by atoms with van der Waals surface area (Å²) in [7, 11) is 0. The molecule has 2 aromatic rings. The minimum Gasteiger partial charge on any atom is -0.370 e. The Morgan fingerprint density at radius 3 is 3.00 bits per heavy atom. The molecule has 1 amide bonds. The first-order valence-corrected chi connectivity index (χ1v) is 6.51. The quantitative estimate of drug-likeness (QED) is 0.852. The molecule has 0 fully saturated rings. The van der Waals surface area contributed by atoms with Gasteiger partial charge < -0.3 is 11.1 Å². The number of rotatable bonds is 5. The molecule has 0 spiro atoms. The van der Waals surface area contributed by atoms with Gasteiger partial charge in [-0.2, -0.15) is 0 Å². The summed E-state index contributed by atoms with van der Waals surface area (Å²) in [5.41, 5.74) is 6.44. The van der Waals surface area contributed by atoms with Crippen LogP contribution in [0.25, 0.3) is 10.1 Å². The molecule has 0 aliphatic carbocycles. The van der Waals surface area contributed by atoms with Crippen LogP contribution in [0.1, 0.15) is 18.9 Å². The first kappa shape index (κ1) is 12.1. The van der Waals surface area contributed by atoms with Crippen molar-refractivity contribution >= 4 is 27.3 Å². The molecule has 1 atom stereocenters. The van der Waals surface area contributed by atoms with Crippen LogP contribution in [0.3, 0.4) is 0 Å². The number of hydrogen-bond acceptors (Lipinski definition) is 3. The monoisotopic (exact) mass is 248 g/mol. The highest BCUT2D eigenvalue weighted by molar-refractivity contribution is 7.17. The molecule has 0 aliphatic rings. The van der Waals surface area contributed by atoms with Crippen LogP contribution in [0, 0.1) is 0 Å². The van der Waals surface area contributed by atoms with Gasteiger partial charge in [0.05, 0.1) is 0 Å². The number of fused-ring (bicyclic) bond motifs is 1. The van der Waals surface area contributed by atoms with Crippen molar-refractivity contribution in [1.29, 1.82) is 0 Å². The van der Waals surface area contributed by atoms with E-state index in [1.807, 2.05) is 19.1 Å². The summed E-state index contributed by atoms with van der Waals surface area (Å²) in [6, 6.07) is 8.46. The van der Waals surface area contributed by atoms with Crippen LogP contribution >= 0.6 is 11.3 Å². The van der Waals surface area contributed by atoms with Gasteiger partial charge in [-0.25, -0.2) is 0 Å². The summed E-state index contributed by atoms with van der Waals surface area (Å²) < 4.78 is 1.30. The Balaban J connectivity index is 2.02. The number of nitrogens with two attached hydrogens (primary N) is 1. The Kier molecular flexibility index (Phi) is 3.76. The molecule has 3 N–H and O–H groups in total. The van der Waals surface area contributed by atoms with Crippen molar-refractivity contribution < 1.29 is 4.79 Å². The number of hydrogen-bond donors (Lipinski definition) is 2. The van der Waals surface area contributed by atoms with Crippen molar-refractivity contribution in [1.82, 2.24) is 5.32 Å². The van der Waals surface area contributed by atoms with Crippen molar-refractivity contribution in [3.8, 4) is 0 Å². The Hall–Kier alpha value is -1.39. The van der Waals surface area contributed by atoms with E-state index in [0.717, 1.165) is 6.54 Å². The third-order valence-corrected chi connectivity index (χ3v) is 3.72. The molecule has 3 nitrogen and oxygen atoms in total. The third kappa shape index (κ3) is 3.05. The maximum absolute atomic E-state index is 10.8. The van der Waals surface area contributed by atoms with Crippen molar-refractivity contribution in [2.24, 2.45) is 5.73 Å². The summed E-state index contributed by atoms with van der Waals surface area (Å²) in [4.78, 5) is 10.8. The Morgan fingerprint density at radius 1 is 1.47 bits per heavy atom. The smallest absolute Gasteiger partial charge is 0.218 e. The average Bonchev–Trinajstić information content (AvgIpc) is 2.69. The van der Waals surface area contributed by atoms with Crippen LogP contribution in [0.5, 0.6) is 0 Å². The summed E-state index contributed by atoms with van der Waals surface area (Å²) in [6.45, 7) is 2.75. The SMILES string of the molecule is CC(CC(N)=O)NCc1csc2ccccc12. The van der Waals surface area contributed by atoms with Gasteiger partial charge in [0.15, 0.2) is 0 Å². The number of nitrogens with one attached hydrogen (secondary N) is 1. The largest absolute Gasteiger partial charge is 0.370 e. The van der Waals surface area contributed by atoms with Gasteiger partial charge in [0.25, 0.3) is 0 Å². The molecule has 0 bridgehead atoms. The lowest BCUT2D eigenvalue weighted by Crippen LogP contribution is -2.30. The number of benzene rings is 1. The van der Waals surface area contributed by atoms with Gasteiger partial charge in [0, 0.05) is 23.7 Å². The van der Waals surface area contributed by atoms with E-state index >= 15 is 0 Å². The lowest BCUT2D eigenvalue weighted by molar-refractivity contribution is -0.118. The van der Waals surface area contributed by atoms with Crippen molar-refractivity contribution in [3.05, 3.63) is 35.2 Å². The molecule has 1 aromatic carbocycles. The van der Waals surface area contributed by atoms with Gasteiger partial charge in [-0.05, 0) is 29.3 Å². The molecule has 1 heterocycles. The zero-order chi connectivity index (χ0) is 12.3. The maximum Gasteiger partial charge on any atom is 0.218 e. The summed E-state index contributed by atoms with van der Waals surface area (Å²) >= 11 is 1.75. The normalized spacial score (nSPS) is 12.8. The van der Waals surface area contributed by atoms with E-state index in [1.165, 1.54) is 15.6 Å². The lowest BCUT2D eigenvalue weighted by atomic mass is 10.1. The van der Waals surface area contributed by atoms with Crippen LogP contribution in [0.4, 0.5) is 0 Å². The second-order valence-corrected chi connectivity index (χ2v) is 5.12. The molecule has 17 heavy (non-hydrogen) atoms. The fraction of sp³-hybridized carbons (Fsp3) is 0.308. The van der Waals surface area contributed by atoms with Crippen LogP contribution < -0.4 is 11.1 Å². The number of thiophene rings is 1. The Labute approximate surface area is 105 Å². The molecule has 0 aliphatic heterocycles. The van der Waals surface area contributed by atoms with E-state index in [0.29, 0.717) is 6.42 Å². The van der Waals surface area contributed by atoms with E-state index in [1.54, 1.807) is 11.3 Å². The zero-order valence-corrected chi connectivity index (χ0v) is 10.6. The molecule has 90 valence electrons. The number of carbonyl (C=O) groups is 1. The van der Waals surface area contributed by atoms with E-state index in [2.05, 4.69) is 22.8 Å². The third-order valence-electron chi connectivity index (χ3n) is 2.71.